The maximum Gasteiger partial charge on any atom is 0.192 e. The molecule has 0 aromatic heterocycles. The number of hydrogen-bond acceptors (Lipinski definition) is 3. The second-order valence-corrected chi connectivity index (χ2v) is 18.9. The largest absolute Gasteiger partial charge is 0.488 e. The van der Waals surface area contributed by atoms with E-state index in [1.165, 1.54) is 19.3 Å². The van der Waals surface area contributed by atoms with E-state index in [1.807, 2.05) is 30.3 Å². The molecule has 4 rings (SSSR count). The first-order valence-corrected chi connectivity index (χ1v) is 17.5. The quantitative estimate of drug-likeness (QED) is 0.186. The molecule has 3 nitrogen and oxygen atoms in total. The van der Waals surface area contributed by atoms with Crippen LogP contribution in [0.15, 0.2) is 72.8 Å². The Morgan fingerprint density at radius 2 is 1.53 bits per heavy atom. The monoisotopic (exact) mass is 617 g/mol. The molecule has 3 aromatic carbocycles. The van der Waals surface area contributed by atoms with Crippen LogP contribution in [0.5, 0.6) is 5.75 Å². The predicted octanol–water partition coefficient (Wildman–Crippen LogP) is 8.87. The number of rotatable bonds is 8. The lowest BCUT2D eigenvalue weighted by molar-refractivity contribution is 0.216. The molecule has 0 atom stereocenters. The summed E-state index contributed by atoms with van der Waals surface area (Å²) in [5.41, 5.74) is 3.07. The van der Waals surface area contributed by atoms with Crippen molar-refractivity contribution in [3.63, 3.8) is 0 Å². The van der Waals surface area contributed by atoms with Gasteiger partial charge in [0.2, 0.25) is 0 Å². The van der Waals surface area contributed by atoms with Crippen molar-refractivity contribution in [2.24, 2.45) is 5.41 Å². The Morgan fingerprint density at radius 1 is 0.861 bits per heavy atom. The van der Waals surface area contributed by atoms with Gasteiger partial charge in [0.05, 0.1) is 12.9 Å². The normalized spacial score (nSPS) is 14.2. The summed E-state index contributed by atoms with van der Waals surface area (Å²) in [5, 5.41) is 0.149. The van der Waals surface area contributed by atoms with Crippen molar-refractivity contribution in [2.75, 3.05) is 11.5 Å². The Bertz CT molecular complexity index is 1230. The smallest absolute Gasteiger partial charge is 0.192 e. The standard InChI is InChI=1S/C30H37FINO2Si/c1-29(2,3)36(6,7)35-21-30(4,5)28-32-27-25(33(28)24-18-16-23(31)17-19-24)14-11-15-26(27)34-20-22-12-9-8-10-13-22/h8-19H,20-21H2,1-7H3. The zero-order valence-electron chi connectivity index (χ0n) is 22.4. The highest BCUT2D eigenvalue weighted by atomic mass is 127. The zero-order chi connectivity index (χ0) is 26.1. The van der Waals surface area contributed by atoms with E-state index < -0.39 is 29.0 Å². The average molecular weight is 618 g/mol. The minimum atomic E-state index is -1.91. The van der Waals surface area contributed by atoms with Crippen molar-refractivity contribution in [3.05, 3.63) is 87.7 Å². The maximum absolute atomic E-state index is 13.8. The van der Waals surface area contributed by atoms with Crippen LogP contribution in [0.4, 0.5) is 15.8 Å². The van der Waals surface area contributed by atoms with Crippen LogP contribution in [0.1, 0.15) is 40.2 Å². The topological polar surface area (TPSA) is 21.7 Å². The lowest BCUT2D eigenvalue weighted by Crippen LogP contribution is -2.46. The van der Waals surface area contributed by atoms with Crippen LogP contribution in [0.3, 0.4) is 0 Å². The molecule has 0 amide bonds. The third-order valence-corrected chi connectivity index (χ3v) is 15.6. The van der Waals surface area contributed by atoms with Gasteiger partial charge in [0.25, 0.3) is 0 Å². The summed E-state index contributed by atoms with van der Waals surface area (Å²) < 4.78 is 29.5. The SMILES string of the molecule is CC(C)(CO[Si](C)(C)C(C)(C)C)C1=Ic2c(OCc3ccccc3)cccc2N1c1ccc(F)cc1. The minimum Gasteiger partial charge on any atom is -0.488 e. The molecule has 0 unspecified atom stereocenters. The molecule has 3 aromatic rings. The molecular weight excluding hydrogens is 580 g/mol. The maximum atomic E-state index is 13.8. The molecule has 192 valence electrons. The van der Waals surface area contributed by atoms with Crippen LogP contribution in [-0.2, 0) is 11.0 Å². The average Bonchev–Trinajstić information content (AvgIpc) is 3.23. The van der Waals surface area contributed by atoms with Crippen molar-refractivity contribution in [2.45, 2.75) is 59.4 Å². The van der Waals surface area contributed by atoms with Gasteiger partial charge in [0.15, 0.2) is 8.32 Å². The number of hydrogen-bond donors (Lipinski definition) is 0. The molecule has 0 N–H and O–H groups in total. The Balaban J connectivity index is 1.71. The minimum absolute atomic E-state index is 0.149. The Labute approximate surface area is 226 Å². The van der Waals surface area contributed by atoms with E-state index in [1.54, 1.807) is 0 Å². The van der Waals surface area contributed by atoms with Crippen LogP contribution < -0.4 is 9.64 Å². The highest BCUT2D eigenvalue weighted by molar-refractivity contribution is 14.2. The van der Waals surface area contributed by atoms with Crippen molar-refractivity contribution in [1.29, 1.82) is 0 Å². The number of nitrogens with zero attached hydrogens (tertiary/aromatic N) is 1. The second kappa shape index (κ2) is 10.4. The lowest BCUT2D eigenvalue weighted by Gasteiger charge is -2.40. The van der Waals surface area contributed by atoms with Gasteiger partial charge in [-0.2, -0.15) is 0 Å². The van der Waals surface area contributed by atoms with Crippen LogP contribution in [0.25, 0.3) is 0 Å². The molecule has 0 spiro atoms. The summed E-state index contributed by atoms with van der Waals surface area (Å²) in [4.78, 5) is 2.33. The fourth-order valence-electron chi connectivity index (χ4n) is 3.76. The molecule has 0 aliphatic carbocycles. The summed E-state index contributed by atoms with van der Waals surface area (Å²) in [6.45, 7) is 17.2. The fourth-order valence-corrected chi connectivity index (χ4v) is 8.39. The molecule has 0 saturated carbocycles. The number of anilines is 2. The van der Waals surface area contributed by atoms with Gasteiger partial charge in [-0.3, -0.25) is 0 Å². The Kier molecular flexibility index (Phi) is 7.79. The van der Waals surface area contributed by atoms with Gasteiger partial charge in [-0.1, -0.05) is 91.7 Å². The molecule has 1 aliphatic rings. The number of halogens is 2. The zero-order valence-corrected chi connectivity index (χ0v) is 25.5. The number of fused-ring (bicyclic) bond motifs is 1. The van der Waals surface area contributed by atoms with Crippen LogP contribution in [0, 0.1) is 14.8 Å². The van der Waals surface area contributed by atoms with E-state index >= 15 is 0 Å². The van der Waals surface area contributed by atoms with E-state index in [9.17, 15) is 4.39 Å². The molecule has 1 heterocycles. The van der Waals surface area contributed by atoms with Gasteiger partial charge in [0, 0.05) is 17.7 Å². The molecule has 0 radical (unpaired) electrons. The summed E-state index contributed by atoms with van der Waals surface area (Å²) in [7, 11) is -1.91. The third-order valence-electron chi connectivity index (χ3n) is 7.04. The lowest BCUT2D eigenvalue weighted by atomic mass is 9.93. The molecule has 0 fully saturated rings. The summed E-state index contributed by atoms with van der Waals surface area (Å²) >= 11 is -0.530. The van der Waals surface area contributed by atoms with E-state index in [2.05, 4.69) is 82.9 Å². The predicted molar refractivity (Wildman–Crippen MR) is 160 cm³/mol. The van der Waals surface area contributed by atoms with Crippen molar-refractivity contribution in [3.8, 4) is 5.75 Å². The van der Waals surface area contributed by atoms with Crippen molar-refractivity contribution < 1.29 is 13.6 Å². The van der Waals surface area contributed by atoms with Crippen molar-refractivity contribution >= 4 is 44.1 Å². The van der Waals surface area contributed by atoms with E-state index in [0.29, 0.717) is 13.2 Å². The molecule has 6 heteroatoms. The van der Waals surface area contributed by atoms with Gasteiger partial charge in [-0.05, 0) is 60.1 Å². The molecule has 0 bridgehead atoms. The number of benzene rings is 3. The van der Waals surface area contributed by atoms with Crippen LogP contribution in [0.2, 0.25) is 18.1 Å². The summed E-state index contributed by atoms with van der Waals surface area (Å²) in [5.74, 6) is 0.710. The Morgan fingerprint density at radius 3 is 2.17 bits per heavy atom. The highest BCUT2D eigenvalue weighted by Crippen LogP contribution is 2.49. The van der Waals surface area contributed by atoms with Gasteiger partial charge < -0.3 is 14.1 Å². The molecule has 36 heavy (non-hydrogen) atoms. The van der Waals surface area contributed by atoms with E-state index in [0.717, 1.165) is 22.7 Å². The summed E-state index contributed by atoms with van der Waals surface area (Å²) in [6, 6.07) is 23.4. The molecule has 1 aliphatic heterocycles. The highest BCUT2D eigenvalue weighted by Gasteiger charge is 2.41. The van der Waals surface area contributed by atoms with Gasteiger partial charge >= 0.3 is 0 Å². The first kappa shape index (κ1) is 27.0. The van der Waals surface area contributed by atoms with Gasteiger partial charge in [-0.15, -0.1) is 0 Å². The Hall–Kier alpha value is -2.03. The van der Waals surface area contributed by atoms with Gasteiger partial charge in [-0.25, -0.2) is 4.39 Å². The molecular formula is C30H37FINO2Si. The summed E-state index contributed by atoms with van der Waals surface area (Å²) in [6.07, 6.45) is 0. The number of ether oxygens (including phenoxy) is 1. The van der Waals surface area contributed by atoms with Gasteiger partial charge in [0.1, 0.15) is 18.2 Å². The first-order valence-electron chi connectivity index (χ1n) is 12.4. The van der Waals surface area contributed by atoms with Crippen LogP contribution in [-0.4, -0.2) is 18.6 Å². The molecule has 0 saturated heterocycles. The second-order valence-electron chi connectivity index (χ2n) is 11.5. The van der Waals surface area contributed by atoms with Crippen molar-refractivity contribution in [1.82, 2.24) is 0 Å². The third kappa shape index (κ3) is 5.76. The van der Waals surface area contributed by atoms with Crippen LogP contribution >= 0.6 is 20.7 Å². The first-order chi connectivity index (χ1) is 16.9. The van der Waals surface area contributed by atoms with E-state index in [-0.39, 0.29) is 16.3 Å². The van der Waals surface area contributed by atoms with E-state index in [4.69, 9.17) is 9.16 Å². The fraction of sp³-hybridized carbons (Fsp3) is 0.367.